The molecule has 0 radical (unpaired) electrons. The van der Waals surface area contributed by atoms with Gasteiger partial charge in [-0.05, 0) is 43.0 Å². The van der Waals surface area contributed by atoms with Crippen molar-refractivity contribution < 1.29 is 4.74 Å². The van der Waals surface area contributed by atoms with Gasteiger partial charge in [-0.15, -0.1) is 0 Å². The number of likely N-dealkylation sites (tertiary alicyclic amines) is 1. The van der Waals surface area contributed by atoms with Crippen molar-refractivity contribution in [1.29, 1.82) is 0 Å². The molecular weight excluding hydrogens is 272 g/mol. The summed E-state index contributed by atoms with van der Waals surface area (Å²) in [6.45, 7) is 5.55. The van der Waals surface area contributed by atoms with Crippen molar-refractivity contribution in [2.45, 2.75) is 44.6 Å². The molecule has 3 heteroatoms. The van der Waals surface area contributed by atoms with Gasteiger partial charge in [0, 0.05) is 44.6 Å². The molecule has 1 saturated heterocycles. The summed E-state index contributed by atoms with van der Waals surface area (Å²) >= 11 is 0. The molecule has 0 aliphatic carbocycles. The molecule has 1 fully saturated rings. The summed E-state index contributed by atoms with van der Waals surface area (Å²) in [6, 6.07) is 6.78. The van der Waals surface area contributed by atoms with Gasteiger partial charge in [-0.3, -0.25) is 4.99 Å². The van der Waals surface area contributed by atoms with Crippen LogP contribution in [-0.2, 0) is 6.42 Å². The van der Waals surface area contributed by atoms with Gasteiger partial charge in [0.2, 0.25) is 0 Å². The standard InChI is InChI=1S/C19H26N2O/c1-14-3-6-17(20-13-14)15-4-5-16-12-19(22-18(16)11-15)7-9-21(2)10-8-19/h4-5,11,14H,3,6-10,12-13H2,1-2H3/t14-/m0/s1. The van der Waals surface area contributed by atoms with E-state index in [0.717, 1.165) is 57.0 Å². The van der Waals surface area contributed by atoms with Crippen molar-refractivity contribution in [1.82, 2.24) is 4.90 Å². The summed E-state index contributed by atoms with van der Waals surface area (Å²) < 4.78 is 6.45. The van der Waals surface area contributed by atoms with E-state index in [9.17, 15) is 0 Å². The van der Waals surface area contributed by atoms with Crippen LogP contribution in [0.2, 0.25) is 0 Å². The normalized spacial score (nSPS) is 27.4. The van der Waals surface area contributed by atoms with Crippen LogP contribution in [0.1, 0.15) is 43.7 Å². The first-order valence-corrected chi connectivity index (χ1v) is 8.68. The predicted molar refractivity (Wildman–Crippen MR) is 90.0 cm³/mol. The molecular formula is C19H26N2O. The summed E-state index contributed by atoms with van der Waals surface area (Å²) in [6.07, 6.45) is 5.74. The monoisotopic (exact) mass is 298 g/mol. The molecule has 3 nitrogen and oxygen atoms in total. The topological polar surface area (TPSA) is 24.8 Å². The second-order valence-corrected chi connectivity index (χ2v) is 7.52. The molecule has 0 aromatic heterocycles. The molecule has 0 saturated carbocycles. The van der Waals surface area contributed by atoms with E-state index in [0.29, 0.717) is 0 Å². The lowest BCUT2D eigenvalue weighted by Gasteiger charge is -2.37. The maximum Gasteiger partial charge on any atom is 0.124 e. The van der Waals surface area contributed by atoms with Gasteiger partial charge in [0.1, 0.15) is 11.4 Å². The van der Waals surface area contributed by atoms with Crippen molar-refractivity contribution >= 4 is 5.71 Å². The summed E-state index contributed by atoms with van der Waals surface area (Å²) in [4.78, 5) is 7.18. The molecule has 0 N–H and O–H groups in total. The Morgan fingerprint density at radius 1 is 1.27 bits per heavy atom. The van der Waals surface area contributed by atoms with Gasteiger partial charge in [-0.2, -0.15) is 0 Å². The first kappa shape index (κ1) is 14.3. The van der Waals surface area contributed by atoms with E-state index in [-0.39, 0.29) is 5.60 Å². The van der Waals surface area contributed by atoms with Crippen molar-refractivity contribution in [3.63, 3.8) is 0 Å². The maximum absolute atomic E-state index is 6.45. The van der Waals surface area contributed by atoms with Crippen LogP contribution in [0, 0.1) is 5.92 Å². The van der Waals surface area contributed by atoms with E-state index < -0.39 is 0 Å². The Morgan fingerprint density at radius 3 is 2.82 bits per heavy atom. The summed E-state index contributed by atoms with van der Waals surface area (Å²) in [5, 5.41) is 0. The van der Waals surface area contributed by atoms with Crippen molar-refractivity contribution in [2.24, 2.45) is 10.9 Å². The lowest BCUT2D eigenvalue weighted by molar-refractivity contribution is 0.0271. The van der Waals surface area contributed by atoms with Crippen LogP contribution >= 0.6 is 0 Å². The van der Waals surface area contributed by atoms with E-state index in [2.05, 4.69) is 37.1 Å². The lowest BCUT2D eigenvalue weighted by Crippen LogP contribution is -2.45. The number of benzene rings is 1. The smallest absolute Gasteiger partial charge is 0.124 e. The highest BCUT2D eigenvalue weighted by molar-refractivity contribution is 6.01. The number of rotatable bonds is 1. The average Bonchev–Trinajstić information content (AvgIpc) is 2.88. The van der Waals surface area contributed by atoms with E-state index in [1.807, 2.05) is 0 Å². The summed E-state index contributed by atoms with van der Waals surface area (Å²) in [5.41, 5.74) is 4.00. The Bertz CT molecular complexity index is 599. The van der Waals surface area contributed by atoms with Crippen LogP contribution in [0.4, 0.5) is 0 Å². The van der Waals surface area contributed by atoms with Crippen molar-refractivity contribution in [3.05, 3.63) is 29.3 Å². The molecule has 3 aliphatic rings. The largest absolute Gasteiger partial charge is 0.487 e. The highest BCUT2D eigenvalue weighted by Crippen LogP contribution is 2.41. The molecule has 22 heavy (non-hydrogen) atoms. The van der Waals surface area contributed by atoms with Gasteiger partial charge >= 0.3 is 0 Å². The minimum absolute atomic E-state index is 0.0658. The molecule has 0 amide bonds. The minimum atomic E-state index is 0.0658. The molecule has 118 valence electrons. The highest BCUT2D eigenvalue weighted by Gasteiger charge is 2.41. The second-order valence-electron chi connectivity index (χ2n) is 7.52. The van der Waals surface area contributed by atoms with Crippen molar-refractivity contribution in [3.8, 4) is 5.75 Å². The molecule has 1 atom stereocenters. The number of hydrogen-bond donors (Lipinski definition) is 0. The number of aliphatic imine (C=N–C) groups is 1. The number of ether oxygens (including phenoxy) is 1. The fourth-order valence-electron chi connectivity index (χ4n) is 3.95. The van der Waals surface area contributed by atoms with Gasteiger partial charge < -0.3 is 9.64 Å². The van der Waals surface area contributed by atoms with Crippen LogP contribution in [0.3, 0.4) is 0 Å². The van der Waals surface area contributed by atoms with E-state index >= 15 is 0 Å². The third-order valence-electron chi connectivity index (χ3n) is 5.61. The second kappa shape index (κ2) is 5.38. The lowest BCUT2D eigenvalue weighted by atomic mass is 9.87. The van der Waals surface area contributed by atoms with E-state index in [1.165, 1.54) is 23.3 Å². The zero-order chi connectivity index (χ0) is 15.2. The van der Waals surface area contributed by atoms with Crippen LogP contribution in [0.25, 0.3) is 0 Å². The van der Waals surface area contributed by atoms with Gasteiger partial charge in [0.05, 0.1) is 0 Å². The summed E-state index contributed by atoms with van der Waals surface area (Å²) in [5.74, 6) is 1.85. The third kappa shape index (κ3) is 2.56. The van der Waals surface area contributed by atoms with Crippen LogP contribution < -0.4 is 4.74 Å². The zero-order valence-corrected chi connectivity index (χ0v) is 13.8. The number of hydrogen-bond acceptors (Lipinski definition) is 3. The average molecular weight is 298 g/mol. The Kier molecular flexibility index (Phi) is 3.48. The fourth-order valence-corrected chi connectivity index (χ4v) is 3.95. The third-order valence-corrected chi connectivity index (χ3v) is 5.61. The first-order valence-electron chi connectivity index (χ1n) is 8.68. The van der Waals surface area contributed by atoms with E-state index in [1.54, 1.807) is 0 Å². The molecule has 0 unspecified atom stereocenters. The number of piperidine rings is 1. The Morgan fingerprint density at radius 2 is 2.09 bits per heavy atom. The summed E-state index contributed by atoms with van der Waals surface area (Å²) in [7, 11) is 2.20. The zero-order valence-electron chi connectivity index (χ0n) is 13.8. The highest BCUT2D eigenvalue weighted by atomic mass is 16.5. The number of fused-ring (bicyclic) bond motifs is 1. The van der Waals surface area contributed by atoms with Gasteiger partial charge in [-0.1, -0.05) is 19.1 Å². The number of nitrogens with zero attached hydrogens (tertiary/aromatic N) is 2. The Balaban J connectivity index is 1.55. The SMILES string of the molecule is C[C@H]1CCC(c2ccc3c(c2)OC2(CCN(C)CC2)C3)=NC1. The Labute approximate surface area is 133 Å². The molecule has 0 bridgehead atoms. The molecule has 1 aromatic rings. The molecule has 3 heterocycles. The van der Waals surface area contributed by atoms with Gasteiger partial charge in [-0.25, -0.2) is 0 Å². The fraction of sp³-hybridized carbons (Fsp3) is 0.632. The predicted octanol–water partition coefficient (Wildman–Crippen LogP) is 3.30. The van der Waals surface area contributed by atoms with Crippen LogP contribution in [-0.4, -0.2) is 42.9 Å². The maximum atomic E-state index is 6.45. The van der Waals surface area contributed by atoms with Gasteiger partial charge in [0.25, 0.3) is 0 Å². The molecule has 1 aromatic carbocycles. The molecule has 3 aliphatic heterocycles. The van der Waals surface area contributed by atoms with Gasteiger partial charge in [0.15, 0.2) is 0 Å². The quantitative estimate of drug-likeness (QED) is 0.794. The molecule has 4 rings (SSSR count). The van der Waals surface area contributed by atoms with Crippen LogP contribution in [0.5, 0.6) is 5.75 Å². The molecule has 1 spiro atoms. The Hall–Kier alpha value is -1.35. The van der Waals surface area contributed by atoms with Crippen LogP contribution in [0.15, 0.2) is 23.2 Å². The van der Waals surface area contributed by atoms with Crippen molar-refractivity contribution in [2.75, 3.05) is 26.7 Å². The minimum Gasteiger partial charge on any atom is -0.487 e. The first-order chi connectivity index (χ1) is 10.6. The van der Waals surface area contributed by atoms with E-state index in [4.69, 9.17) is 9.73 Å².